The van der Waals surface area contributed by atoms with E-state index in [4.69, 9.17) is 5.73 Å². The molecule has 1 saturated heterocycles. The van der Waals surface area contributed by atoms with E-state index in [0.29, 0.717) is 29.3 Å². The monoisotopic (exact) mass is 387 g/mol. The number of nitrogens with two attached hydrogens (primary N) is 1. The van der Waals surface area contributed by atoms with Gasteiger partial charge in [0.15, 0.2) is 0 Å². The van der Waals surface area contributed by atoms with Gasteiger partial charge in [-0.3, -0.25) is 9.59 Å². The quantitative estimate of drug-likeness (QED) is 0.839. The molecule has 2 aromatic rings. The summed E-state index contributed by atoms with van der Waals surface area (Å²) in [5.74, 6) is 0.401. The highest BCUT2D eigenvalue weighted by atomic mass is 35.5. The Morgan fingerprint density at radius 1 is 1.07 bits per heavy atom. The highest BCUT2D eigenvalue weighted by Gasteiger charge is 2.23. The van der Waals surface area contributed by atoms with Gasteiger partial charge >= 0.3 is 0 Å². The van der Waals surface area contributed by atoms with Crippen molar-refractivity contribution < 1.29 is 9.59 Å². The Kier molecular flexibility index (Phi) is 7.39. The second-order valence-electron chi connectivity index (χ2n) is 6.88. The molecule has 2 aromatic carbocycles. The number of nitrogens with zero attached hydrogens (tertiary/aromatic N) is 1. The third-order valence-corrected chi connectivity index (χ3v) is 4.93. The van der Waals surface area contributed by atoms with Crippen molar-refractivity contribution in [1.29, 1.82) is 0 Å². The van der Waals surface area contributed by atoms with Gasteiger partial charge in [-0.25, -0.2) is 0 Å². The van der Waals surface area contributed by atoms with Crippen LogP contribution in [0.15, 0.2) is 48.5 Å². The van der Waals surface area contributed by atoms with E-state index in [0.717, 1.165) is 31.5 Å². The van der Waals surface area contributed by atoms with Crippen molar-refractivity contribution in [2.75, 3.05) is 18.4 Å². The lowest BCUT2D eigenvalue weighted by atomic mass is 9.98. The first-order chi connectivity index (χ1) is 12.6. The van der Waals surface area contributed by atoms with Gasteiger partial charge in [0.05, 0.1) is 11.3 Å². The summed E-state index contributed by atoms with van der Waals surface area (Å²) < 4.78 is 0. The molecule has 3 N–H and O–H groups in total. The molecule has 0 aliphatic carbocycles. The summed E-state index contributed by atoms with van der Waals surface area (Å²) in [5, 5.41) is 2.88. The minimum absolute atomic E-state index is 0. The lowest BCUT2D eigenvalue weighted by Gasteiger charge is -2.30. The van der Waals surface area contributed by atoms with Gasteiger partial charge < -0.3 is 16.0 Å². The molecule has 2 amide bonds. The molecular formula is C21H26ClN3O2. The van der Waals surface area contributed by atoms with Gasteiger partial charge in [0.1, 0.15) is 0 Å². The molecule has 0 atom stereocenters. The highest BCUT2D eigenvalue weighted by Crippen LogP contribution is 2.22. The number of likely N-dealkylation sites (tertiary alicyclic amines) is 1. The van der Waals surface area contributed by atoms with E-state index < -0.39 is 0 Å². The van der Waals surface area contributed by atoms with Crippen LogP contribution in [-0.2, 0) is 6.54 Å². The predicted octanol–water partition coefficient (Wildman–Crippen LogP) is 3.69. The van der Waals surface area contributed by atoms with E-state index in [1.54, 1.807) is 24.3 Å². The van der Waals surface area contributed by atoms with E-state index in [-0.39, 0.29) is 24.2 Å². The number of nitrogens with one attached hydrogen (secondary N) is 1. The van der Waals surface area contributed by atoms with Gasteiger partial charge in [0.2, 0.25) is 0 Å². The Balaban J connectivity index is 0.00000261. The van der Waals surface area contributed by atoms with E-state index in [9.17, 15) is 9.59 Å². The minimum atomic E-state index is -0.235. The fourth-order valence-corrected chi connectivity index (χ4v) is 3.15. The summed E-state index contributed by atoms with van der Waals surface area (Å²) in [6.07, 6.45) is 2.04. The molecule has 0 spiro atoms. The average Bonchev–Trinajstić information content (AvgIpc) is 2.68. The maximum Gasteiger partial charge on any atom is 0.255 e. The Bertz CT molecular complexity index is 784. The molecule has 1 heterocycles. The summed E-state index contributed by atoms with van der Waals surface area (Å²) in [5.41, 5.74) is 8.18. The second kappa shape index (κ2) is 9.53. The number of halogens is 1. The Morgan fingerprint density at radius 2 is 1.70 bits per heavy atom. The molecule has 0 bridgehead atoms. The molecule has 0 radical (unpaired) electrons. The second-order valence-corrected chi connectivity index (χ2v) is 6.88. The molecule has 1 aliphatic heterocycles. The number of amides is 2. The molecule has 0 unspecified atom stereocenters. The first-order valence-electron chi connectivity index (χ1n) is 9.07. The van der Waals surface area contributed by atoms with Crippen LogP contribution in [-0.4, -0.2) is 29.8 Å². The van der Waals surface area contributed by atoms with E-state index in [1.165, 1.54) is 0 Å². The fourth-order valence-electron chi connectivity index (χ4n) is 3.15. The van der Waals surface area contributed by atoms with Crippen molar-refractivity contribution in [2.24, 2.45) is 11.7 Å². The number of para-hydroxylation sites is 1. The molecule has 3 rings (SSSR count). The van der Waals surface area contributed by atoms with Crippen LogP contribution in [0, 0.1) is 5.92 Å². The summed E-state index contributed by atoms with van der Waals surface area (Å²) in [6.45, 7) is 4.19. The molecule has 1 aliphatic rings. The van der Waals surface area contributed by atoms with Crippen LogP contribution in [0.2, 0.25) is 0 Å². The molecule has 27 heavy (non-hydrogen) atoms. The number of carbonyl (C=O) groups is 2. The van der Waals surface area contributed by atoms with E-state index >= 15 is 0 Å². The number of hydrogen-bond donors (Lipinski definition) is 2. The van der Waals surface area contributed by atoms with Crippen LogP contribution in [0.25, 0.3) is 0 Å². The van der Waals surface area contributed by atoms with Gasteiger partial charge in [0.25, 0.3) is 11.8 Å². The predicted molar refractivity (Wildman–Crippen MR) is 110 cm³/mol. The lowest BCUT2D eigenvalue weighted by molar-refractivity contribution is 0.0698. The Hall–Kier alpha value is -2.37. The normalized spacial score (nSPS) is 14.4. The number of carbonyl (C=O) groups excluding carboxylic acids is 2. The van der Waals surface area contributed by atoms with E-state index in [2.05, 4.69) is 12.2 Å². The van der Waals surface area contributed by atoms with Crippen molar-refractivity contribution in [1.82, 2.24) is 4.90 Å². The van der Waals surface area contributed by atoms with Crippen molar-refractivity contribution in [3.05, 3.63) is 65.2 Å². The molecule has 6 heteroatoms. The topological polar surface area (TPSA) is 75.4 Å². The van der Waals surface area contributed by atoms with Crippen LogP contribution in [0.1, 0.15) is 46.0 Å². The van der Waals surface area contributed by atoms with E-state index in [1.807, 2.05) is 29.2 Å². The van der Waals surface area contributed by atoms with Gasteiger partial charge in [0, 0.05) is 25.2 Å². The zero-order valence-corrected chi connectivity index (χ0v) is 16.3. The highest BCUT2D eigenvalue weighted by molar-refractivity contribution is 6.09. The van der Waals surface area contributed by atoms with Gasteiger partial charge in [-0.2, -0.15) is 0 Å². The third kappa shape index (κ3) is 5.08. The van der Waals surface area contributed by atoms with Crippen LogP contribution in [0.3, 0.4) is 0 Å². The van der Waals surface area contributed by atoms with Crippen LogP contribution in [0.5, 0.6) is 0 Å². The van der Waals surface area contributed by atoms with Crippen LogP contribution >= 0.6 is 12.4 Å². The summed E-state index contributed by atoms with van der Waals surface area (Å²) in [7, 11) is 0. The first kappa shape index (κ1) is 20.9. The molecule has 144 valence electrons. The van der Waals surface area contributed by atoms with Crippen molar-refractivity contribution in [2.45, 2.75) is 26.3 Å². The van der Waals surface area contributed by atoms with Gasteiger partial charge in [-0.15, -0.1) is 12.4 Å². The Labute approximate surface area is 166 Å². The molecule has 0 aromatic heterocycles. The van der Waals surface area contributed by atoms with Crippen LogP contribution in [0.4, 0.5) is 5.69 Å². The number of piperidine rings is 1. The van der Waals surface area contributed by atoms with Crippen molar-refractivity contribution in [3.8, 4) is 0 Å². The standard InChI is InChI=1S/C21H25N3O2.ClH/c1-15-10-12-24(13-11-15)21(26)18-4-2-3-5-19(18)23-20(25)17-8-6-16(14-22)7-9-17;/h2-9,15H,10-14,22H2,1H3,(H,23,25);1H. The maximum absolute atomic E-state index is 12.9. The molecule has 0 saturated carbocycles. The zero-order chi connectivity index (χ0) is 18.5. The van der Waals surface area contributed by atoms with Gasteiger partial charge in [-0.05, 0) is 48.6 Å². The number of benzene rings is 2. The lowest BCUT2D eigenvalue weighted by Crippen LogP contribution is -2.38. The average molecular weight is 388 g/mol. The number of rotatable bonds is 4. The SMILES string of the molecule is CC1CCN(C(=O)c2ccccc2NC(=O)c2ccc(CN)cc2)CC1.Cl. The molecule has 1 fully saturated rings. The third-order valence-electron chi connectivity index (χ3n) is 4.93. The van der Waals surface area contributed by atoms with Crippen molar-refractivity contribution in [3.63, 3.8) is 0 Å². The summed E-state index contributed by atoms with van der Waals surface area (Å²) in [6, 6.07) is 14.3. The Morgan fingerprint density at radius 3 is 2.33 bits per heavy atom. The number of anilines is 1. The maximum atomic E-state index is 12.9. The zero-order valence-electron chi connectivity index (χ0n) is 15.5. The summed E-state index contributed by atoms with van der Waals surface area (Å²) in [4.78, 5) is 27.3. The largest absolute Gasteiger partial charge is 0.339 e. The minimum Gasteiger partial charge on any atom is -0.339 e. The van der Waals surface area contributed by atoms with Crippen LogP contribution < -0.4 is 11.1 Å². The van der Waals surface area contributed by atoms with Crippen molar-refractivity contribution >= 4 is 29.9 Å². The van der Waals surface area contributed by atoms with Gasteiger partial charge in [-0.1, -0.05) is 31.2 Å². The number of hydrogen-bond acceptors (Lipinski definition) is 3. The summed E-state index contributed by atoms with van der Waals surface area (Å²) >= 11 is 0. The first-order valence-corrected chi connectivity index (χ1v) is 9.07. The molecule has 5 nitrogen and oxygen atoms in total. The smallest absolute Gasteiger partial charge is 0.255 e. The molecular weight excluding hydrogens is 362 g/mol. The fraction of sp³-hybridized carbons (Fsp3) is 0.333.